The molecule has 2 aromatic rings. The van der Waals surface area contributed by atoms with Crippen molar-refractivity contribution in [2.75, 3.05) is 6.67 Å². The van der Waals surface area contributed by atoms with Crippen LogP contribution in [0.3, 0.4) is 0 Å². The molecule has 0 spiro atoms. The van der Waals surface area contributed by atoms with Gasteiger partial charge in [0.15, 0.2) is 18.1 Å². The molecule has 10 heteroatoms. The number of Topliss-reactive ketones (excluding diaryl/α,β-unsaturated/α-hetero) is 1. The van der Waals surface area contributed by atoms with Crippen molar-refractivity contribution < 1.29 is 22.7 Å². The summed E-state index contributed by atoms with van der Waals surface area (Å²) in [7, 11) is 0. The third kappa shape index (κ3) is 3.89. The summed E-state index contributed by atoms with van der Waals surface area (Å²) in [6.07, 6.45) is -2.59. The van der Waals surface area contributed by atoms with Crippen LogP contribution in [0.1, 0.15) is 34.4 Å². The number of rotatable bonds is 5. The predicted octanol–water partition coefficient (Wildman–Crippen LogP) is 2.15. The Hall–Kier alpha value is -3.48. The van der Waals surface area contributed by atoms with Gasteiger partial charge in [-0.15, -0.1) is 0 Å². The van der Waals surface area contributed by atoms with E-state index in [1.54, 1.807) is 0 Å². The molecular formula is C19H16F3N5O2. The van der Waals surface area contributed by atoms with Crippen LogP contribution < -0.4 is 5.73 Å². The first kappa shape index (κ1) is 20.3. The lowest BCUT2D eigenvalue weighted by Gasteiger charge is -2.36. The Bertz CT molecular complexity index is 1010. The van der Waals surface area contributed by atoms with Crippen LogP contribution in [0.25, 0.3) is 0 Å². The Balaban J connectivity index is 1.92. The number of ketones is 1. The van der Waals surface area contributed by atoms with Crippen LogP contribution in [0.2, 0.25) is 0 Å². The van der Waals surface area contributed by atoms with Gasteiger partial charge in [-0.2, -0.15) is 5.26 Å². The van der Waals surface area contributed by atoms with E-state index in [-0.39, 0.29) is 17.8 Å². The number of nitriles is 1. The summed E-state index contributed by atoms with van der Waals surface area (Å²) in [5.74, 6) is -1.31. The van der Waals surface area contributed by atoms with Gasteiger partial charge in [-0.05, 0) is 31.2 Å². The molecule has 0 radical (unpaired) electrons. The second kappa shape index (κ2) is 7.87. The first-order valence-electron chi connectivity index (χ1n) is 8.55. The average molecular weight is 403 g/mol. The lowest BCUT2D eigenvalue weighted by atomic mass is 9.87. The van der Waals surface area contributed by atoms with Gasteiger partial charge >= 0.3 is 0 Å². The van der Waals surface area contributed by atoms with Gasteiger partial charge in [-0.3, -0.25) is 14.8 Å². The standard InChI is InChI=1S/C19H16F3N5O2/c1-19(16(22)15(7-20)29-18(24)27-19)17-12(21)4-3-11(26-17)6-14(28)13-5-2-10(8-23)9-25-13/h2-5,9,15-16H,6-7H2,1H3,(H2,24,27)/t15-,16+,19+/m1/s1. The number of hydrogen-bond acceptors (Lipinski definition) is 7. The number of nitrogens with zero attached hydrogens (tertiary/aromatic N) is 4. The molecule has 29 heavy (non-hydrogen) atoms. The molecule has 1 aliphatic rings. The van der Waals surface area contributed by atoms with Crippen molar-refractivity contribution in [2.45, 2.75) is 31.2 Å². The van der Waals surface area contributed by atoms with Gasteiger partial charge in [0.1, 0.15) is 35.5 Å². The van der Waals surface area contributed by atoms with Gasteiger partial charge in [0.2, 0.25) is 0 Å². The number of alkyl halides is 2. The fraction of sp³-hybridized carbons (Fsp3) is 0.316. The predicted molar refractivity (Wildman–Crippen MR) is 95.9 cm³/mol. The van der Waals surface area contributed by atoms with Crippen LogP contribution in [-0.4, -0.2) is 40.7 Å². The number of halogens is 3. The summed E-state index contributed by atoms with van der Waals surface area (Å²) < 4.78 is 47.2. The van der Waals surface area contributed by atoms with Crippen LogP contribution >= 0.6 is 0 Å². The van der Waals surface area contributed by atoms with E-state index in [0.717, 1.165) is 6.07 Å². The topological polar surface area (TPSA) is 114 Å². The van der Waals surface area contributed by atoms with Gasteiger partial charge < -0.3 is 10.5 Å². The summed E-state index contributed by atoms with van der Waals surface area (Å²) in [5.41, 5.74) is 3.70. The molecule has 150 valence electrons. The van der Waals surface area contributed by atoms with Crippen molar-refractivity contribution in [3.05, 3.63) is 58.9 Å². The van der Waals surface area contributed by atoms with Crippen LogP contribution in [0.15, 0.2) is 35.5 Å². The maximum Gasteiger partial charge on any atom is 0.283 e. The number of aromatic nitrogens is 2. The van der Waals surface area contributed by atoms with Gasteiger partial charge in [0.05, 0.1) is 12.0 Å². The Kier molecular flexibility index (Phi) is 5.50. The van der Waals surface area contributed by atoms with Crippen molar-refractivity contribution in [3.8, 4) is 6.07 Å². The quantitative estimate of drug-likeness (QED) is 0.765. The molecule has 0 saturated heterocycles. The van der Waals surface area contributed by atoms with E-state index in [9.17, 15) is 18.0 Å². The smallest absolute Gasteiger partial charge is 0.283 e. The highest BCUT2D eigenvalue weighted by Gasteiger charge is 2.49. The highest BCUT2D eigenvalue weighted by atomic mass is 19.1. The van der Waals surface area contributed by atoms with E-state index in [1.807, 2.05) is 6.07 Å². The molecule has 0 aromatic carbocycles. The van der Waals surface area contributed by atoms with Crippen LogP contribution in [0, 0.1) is 17.1 Å². The third-order valence-corrected chi connectivity index (χ3v) is 4.53. The molecule has 0 aliphatic carbocycles. The van der Waals surface area contributed by atoms with Gasteiger partial charge in [-0.25, -0.2) is 18.2 Å². The first-order valence-corrected chi connectivity index (χ1v) is 8.55. The second-order valence-corrected chi connectivity index (χ2v) is 6.59. The van der Waals surface area contributed by atoms with E-state index in [1.165, 1.54) is 31.3 Å². The number of pyridine rings is 2. The number of carbonyl (C=O) groups is 1. The summed E-state index contributed by atoms with van der Waals surface area (Å²) in [6.45, 7) is 0.0476. The number of hydrogen-bond donors (Lipinski definition) is 1. The average Bonchev–Trinajstić information content (AvgIpc) is 2.72. The number of aliphatic imine (C=N–C) groups is 1. The molecule has 0 bridgehead atoms. The normalized spacial score (nSPS) is 23.6. The highest BCUT2D eigenvalue weighted by molar-refractivity contribution is 5.95. The fourth-order valence-corrected chi connectivity index (χ4v) is 3.00. The highest BCUT2D eigenvalue weighted by Crippen LogP contribution is 2.37. The minimum absolute atomic E-state index is 0.0945. The number of amidine groups is 1. The molecule has 0 fully saturated rings. The zero-order chi connectivity index (χ0) is 21.2. The maximum atomic E-state index is 14.8. The Morgan fingerprint density at radius 2 is 2.14 bits per heavy atom. The minimum atomic E-state index is -2.05. The third-order valence-electron chi connectivity index (χ3n) is 4.53. The molecule has 7 nitrogen and oxygen atoms in total. The number of nitrogens with two attached hydrogens (primary N) is 1. The molecular weight excluding hydrogens is 387 g/mol. The van der Waals surface area contributed by atoms with E-state index in [4.69, 9.17) is 15.7 Å². The van der Waals surface area contributed by atoms with Crippen molar-refractivity contribution in [3.63, 3.8) is 0 Å². The zero-order valence-corrected chi connectivity index (χ0v) is 15.3. The van der Waals surface area contributed by atoms with Crippen molar-refractivity contribution >= 4 is 11.8 Å². The van der Waals surface area contributed by atoms with Gasteiger partial charge in [-0.1, -0.05) is 0 Å². The number of carbonyl (C=O) groups excluding carboxylic acids is 1. The van der Waals surface area contributed by atoms with Crippen LogP contribution in [-0.2, 0) is 16.7 Å². The second-order valence-electron chi connectivity index (χ2n) is 6.59. The van der Waals surface area contributed by atoms with Crippen molar-refractivity contribution in [2.24, 2.45) is 10.7 Å². The van der Waals surface area contributed by atoms with E-state index in [0.29, 0.717) is 5.56 Å². The Labute approximate surface area is 164 Å². The molecule has 0 unspecified atom stereocenters. The molecule has 0 saturated carbocycles. The van der Waals surface area contributed by atoms with Crippen LogP contribution in [0.4, 0.5) is 13.2 Å². The van der Waals surface area contributed by atoms with Crippen molar-refractivity contribution in [1.82, 2.24) is 9.97 Å². The molecule has 1 aliphatic heterocycles. The Morgan fingerprint density at radius 1 is 1.38 bits per heavy atom. The fourth-order valence-electron chi connectivity index (χ4n) is 3.00. The van der Waals surface area contributed by atoms with Crippen molar-refractivity contribution in [1.29, 1.82) is 5.26 Å². The first-order chi connectivity index (χ1) is 13.8. The largest absolute Gasteiger partial charge is 0.456 e. The van der Waals surface area contributed by atoms with E-state index >= 15 is 0 Å². The molecule has 2 N–H and O–H groups in total. The molecule has 3 rings (SSSR count). The monoisotopic (exact) mass is 403 g/mol. The van der Waals surface area contributed by atoms with Gasteiger partial charge in [0, 0.05) is 11.9 Å². The molecule has 3 heterocycles. The lowest BCUT2D eigenvalue weighted by molar-refractivity contribution is 0.00305. The maximum absolute atomic E-state index is 14.8. The molecule has 0 amide bonds. The number of ether oxygens (including phenoxy) is 1. The Morgan fingerprint density at radius 3 is 2.76 bits per heavy atom. The van der Waals surface area contributed by atoms with E-state index < -0.39 is 47.8 Å². The summed E-state index contributed by atoms with van der Waals surface area (Å²) >= 11 is 0. The summed E-state index contributed by atoms with van der Waals surface area (Å²) in [5, 5.41) is 8.78. The zero-order valence-electron chi connectivity index (χ0n) is 15.3. The SMILES string of the molecule is C[C@]1(c2nc(CC(=O)c3ccc(C#N)cn3)ccc2F)N=C(N)O[C@H](CF)[C@@H]1F. The van der Waals surface area contributed by atoms with Crippen LogP contribution in [0.5, 0.6) is 0 Å². The lowest BCUT2D eigenvalue weighted by Crippen LogP contribution is -2.51. The summed E-state index contributed by atoms with van der Waals surface area (Å²) in [4.78, 5) is 24.2. The van der Waals surface area contributed by atoms with E-state index in [2.05, 4.69) is 15.0 Å². The van der Waals surface area contributed by atoms with Gasteiger partial charge in [0.25, 0.3) is 6.02 Å². The minimum Gasteiger partial charge on any atom is -0.456 e. The summed E-state index contributed by atoms with van der Waals surface area (Å²) in [6, 6.07) is 6.54. The molecule has 2 aromatic heterocycles. The molecule has 3 atom stereocenters.